The molecule has 1 aliphatic rings. The minimum absolute atomic E-state index is 0.0202. The molecule has 1 amide bonds. The van der Waals surface area contributed by atoms with Gasteiger partial charge in [-0.2, -0.15) is 0 Å². The maximum Gasteiger partial charge on any atom is 0.263 e. The van der Waals surface area contributed by atoms with E-state index in [1.54, 1.807) is 32.5 Å². The van der Waals surface area contributed by atoms with Gasteiger partial charge in [0.1, 0.15) is 29.4 Å². The van der Waals surface area contributed by atoms with Crippen LogP contribution in [-0.4, -0.2) is 66.8 Å². The fourth-order valence-corrected chi connectivity index (χ4v) is 3.89. The lowest BCUT2D eigenvalue weighted by Gasteiger charge is -2.36. The Bertz CT molecular complexity index is 1080. The summed E-state index contributed by atoms with van der Waals surface area (Å²) in [6.07, 6.45) is 1.02. The molecule has 0 N–H and O–H groups in total. The maximum absolute atomic E-state index is 12.9. The van der Waals surface area contributed by atoms with Gasteiger partial charge in [-0.1, -0.05) is 0 Å². The topological polar surface area (TPSA) is 77.0 Å². The predicted octanol–water partition coefficient (Wildman–Crippen LogP) is 3.67. The van der Waals surface area contributed by atoms with Gasteiger partial charge < -0.3 is 24.0 Å². The van der Waals surface area contributed by atoms with Crippen molar-refractivity contribution in [2.45, 2.75) is 20.0 Å². The quantitative estimate of drug-likeness (QED) is 0.506. The van der Waals surface area contributed by atoms with Gasteiger partial charge in [-0.05, 0) is 62.4 Å². The molecule has 1 unspecified atom stereocenters. The van der Waals surface area contributed by atoms with Crippen molar-refractivity contribution in [2.75, 3.05) is 44.8 Å². The number of benzene rings is 2. The summed E-state index contributed by atoms with van der Waals surface area (Å²) < 4.78 is 16.5. The monoisotopic (exact) mass is 462 g/mol. The highest BCUT2D eigenvalue weighted by Gasteiger charge is 2.26. The van der Waals surface area contributed by atoms with Gasteiger partial charge in [0, 0.05) is 37.8 Å². The summed E-state index contributed by atoms with van der Waals surface area (Å²) in [5, 5.41) is 0. The zero-order chi connectivity index (χ0) is 23.9. The SMILES string of the molecule is CCOc1ccc(-c2cc(N3CCN(C(=O)C(C)Oc4ccc(OC)cc4)CC3)ncn2)cc1. The minimum atomic E-state index is -0.565. The number of methoxy groups -OCH3 is 1. The van der Waals surface area contributed by atoms with Crippen LogP contribution in [0.5, 0.6) is 17.2 Å². The zero-order valence-electron chi connectivity index (χ0n) is 19.8. The van der Waals surface area contributed by atoms with Crippen molar-refractivity contribution >= 4 is 11.7 Å². The molecule has 3 aromatic rings. The second-order valence-corrected chi connectivity index (χ2v) is 7.97. The third kappa shape index (κ3) is 5.57. The number of hydrogen-bond acceptors (Lipinski definition) is 7. The van der Waals surface area contributed by atoms with E-state index in [0.29, 0.717) is 38.5 Å². The standard InChI is InChI=1S/C26H30N4O4/c1-4-33-22-7-5-20(6-8-22)24-17-25(28-18-27-24)29-13-15-30(16-14-29)26(31)19(2)34-23-11-9-21(32-3)10-12-23/h5-12,17-19H,4,13-16H2,1-3H3. The van der Waals surface area contributed by atoms with Crippen molar-refractivity contribution in [3.05, 3.63) is 60.9 Å². The van der Waals surface area contributed by atoms with E-state index >= 15 is 0 Å². The molecule has 0 bridgehead atoms. The Balaban J connectivity index is 1.34. The number of carbonyl (C=O) groups excluding carboxylic acids is 1. The summed E-state index contributed by atoms with van der Waals surface area (Å²) in [5.74, 6) is 3.06. The third-order valence-electron chi connectivity index (χ3n) is 5.75. The lowest BCUT2D eigenvalue weighted by atomic mass is 10.1. The molecule has 0 aliphatic carbocycles. The first-order valence-corrected chi connectivity index (χ1v) is 11.5. The summed E-state index contributed by atoms with van der Waals surface area (Å²) in [5.41, 5.74) is 1.86. The van der Waals surface area contributed by atoms with Crippen LogP contribution in [0.4, 0.5) is 5.82 Å². The van der Waals surface area contributed by atoms with E-state index in [4.69, 9.17) is 14.2 Å². The molecule has 34 heavy (non-hydrogen) atoms. The number of rotatable bonds is 8. The van der Waals surface area contributed by atoms with Gasteiger partial charge in [0.05, 0.1) is 19.4 Å². The molecule has 8 nitrogen and oxygen atoms in total. The average Bonchev–Trinajstić information content (AvgIpc) is 2.89. The van der Waals surface area contributed by atoms with E-state index in [-0.39, 0.29) is 5.91 Å². The number of aromatic nitrogens is 2. The highest BCUT2D eigenvalue weighted by atomic mass is 16.5. The second-order valence-electron chi connectivity index (χ2n) is 7.97. The molecule has 1 fully saturated rings. The average molecular weight is 463 g/mol. The summed E-state index contributed by atoms with van der Waals surface area (Å²) in [6, 6.07) is 17.1. The minimum Gasteiger partial charge on any atom is -0.497 e. The number of carbonyl (C=O) groups is 1. The van der Waals surface area contributed by atoms with Crippen molar-refractivity contribution in [3.63, 3.8) is 0 Å². The smallest absolute Gasteiger partial charge is 0.263 e. The number of anilines is 1. The van der Waals surface area contributed by atoms with Crippen LogP contribution >= 0.6 is 0 Å². The number of hydrogen-bond donors (Lipinski definition) is 0. The van der Waals surface area contributed by atoms with Crippen molar-refractivity contribution in [2.24, 2.45) is 0 Å². The largest absolute Gasteiger partial charge is 0.497 e. The van der Waals surface area contributed by atoms with Crippen molar-refractivity contribution in [3.8, 4) is 28.5 Å². The van der Waals surface area contributed by atoms with E-state index in [1.165, 1.54) is 0 Å². The van der Waals surface area contributed by atoms with Gasteiger partial charge in [0.2, 0.25) is 0 Å². The molecule has 2 heterocycles. The number of nitrogens with zero attached hydrogens (tertiary/aromatic N) is 4. The third-order valence-corrected chi connectivity index (χ3v) is 5.75. The van der Waals surface area contributed by atoms with Crippen LogP contribution in [0.3, 0.4) is 0 Å². The molecule has 1 saturated heterocycles. The normalized spacial score (nSPS) is 14.4. The predicted molar refractivity (Wildman–Crippen MR) is 131 cm³/mol. The fourth-order valence-electron chi connectivity index (χ4n) is 3.89. The van der Waals surface area contributed by atoms with Crippen LogP contribution in [-0.2, 0) is 4.79 Å². The zero-order valence-corrected chi connectivity index (χ0v) is 19.8. The molecule has 0 spiro atoms. The Labute approximate surface area is 200 Å². The molecule has 1 aromatic heterocycles. The molecular weight excluding hydrogens is 432 g/mol. The van der Waals surface area contributed by atoms with Crippen molar-refractivity contribution in [1.29, 1.82) is 0 Å². The molecule has 0 saturated carbocycles. The number of ether oxygens (including phenoxy) is 3. The van der Waals surface area contributed by atoms with E-state index < -0.39 is 6.10 Å². The van der Waals surface area contributed by atoms with E-state index in [2.05, 4.69) is 14.9 Å². The van der Waals surface area contributed by atoms with Gasteiger partial charge in [-0.25, -0.2) is 9.97 Å². The molecule has 0 radical (unpaired) electrons. The molecule has 2 aromatic carbocycles. The van der Waals surface area contributed by atoms with E-state index in [0.717, 1.165) is 28.6 Å². The van der Waals surface area contributed by atoms with Gasteiger partial charge >= 0.3 is 0 Å². The van der Waals surface area contributed by atoms with Crippen LogP contribution in [0, 0.1) is 0 Å². The molecule has 1 atom stereocenters. The second kappa shape index (κ2) is 10.9. The molecule has 1 aliphatic heterocycles. The molecule has 4 rings (SSSR count). The highest BCUT2D eigenvalue weighted by Crippen LogP contribution is 2.24. The van der Waals surface area contributed by atoms with Crippen LogP contribution in [0.25, 0.3) is 11.3 Å². The molecule has 178 valence electrons. The Hall–Kier alpha value is -3.81. The molecule has 8 heteroatoms. The first kappa shape index (κ1) is 23.4. The number of piperazine rings is 1. The van der Waals surface area contributed by atoms with Gasteiger partial charge in [-0.15, -0.1) is 0 Å². The lowest BCUT2D eigenvalue weighted by Crippen LogP contribution is -2.52. The number of amides is 1. The van der Waals surface area contributed by atoms with E-state index in [9.17, 15) is 4.79 Å². The summed E-state index contributed by atoms with van der Waals surface area (Å²) in [6.45, 7) is 6.99. The van der Waals surface area contributed by atoms with E-state index in [1.807, 2.05) is 54.3 Å². The first-order valence-electron chi connectivity index (χ1n) is 11.5. The summed E-state index contributed by atoms with van der Waals surface area (Å²) in [7, 11) is 1.62. The van der Waals surface area contributed by atoms with Crippen molar-refractivity contribution in [1.82, 2.24) is 14.9 Å². The van der Waals surface area contributed by atoms with Crippen LogP contribution in [0.15, 0.2) is 60.9 Å². The summed E-state index contributed by atoms with van der Waals surface area (Å²) >= 11 is 0. The maximum atomic E-state index is 12.9. The Kier molecular flexibility index (Phi) is 7.47. The van der Waals surface area contributed by atoms with Crippen molar-refractivity contribution < 1.29 is 19.0 Å². The first-order chi connectivity index (χ1) is 16.6. The highest BCUT2D eigenvalue weighted by molar-refractivity contribution is 5.81. The summed E-state index contributed by atoms with van der Waals surface area (Å²) in [4.78, 5) is 25.8. The van der Waals surface area contributed by atoms with Gasteiger partial charge in [-0.3, -0.25) is 4.79 Å². The molecular formula is C26H30N4O4. The van der Waals surface area contributed by atoms with Crippen LogP contribution in [0.1, 0.15) is 13.8 Å². The lowest BCUT2D eigenvalue weighted by molar-refractivity contribution is -0.138. The fraction of sp³-hybridized carbons (Fsp3) is 0.346. The Morgan fingerprint density at radius 3 is 2.24 bits per heavy atom. The van der Waals surface area contributed by atoms with Crippen LogP contribution in [0.2, 0.25) is 0 Å². The van der Waals surface area contributed by atoms with Gasteiger partial charge in [0.15, 0.2) is 6.10 Å². The Morgan fingerprint density at radius 2 is 1.59 bits per heavy atom. The Morgan fingerprint density at radius 1 is 0.941 bits per heavy atom. The van der Waals surface area contributed by atoms with Gasteiger partial charge in [0.25, 0.3) is 5.91 Å². The van der Waals surface area contributed by atoms with Crippen LogP contribution < -0.4 is 19.1 Å².